The van der Waals surface area contributed by atoms with Gasteiger partial charge in [0.25, 0.3) is 0 Å². The monoisotopic (exact) mass is 150 g/mol. The van der Waals surface area contributed by atoms with Gasteiger partial charge in [-0.3, -0.25) is 0 Å². The fourth-order valence-corrected chi connectivity index (χ4v) is 0.761. The predicted molar refractivity (Wildman–Crippen MR) is 46.1 cm³/mol. The molecule has 59 valence electrons. The van der Waals surface area contributed by atoms with Crippen molar-refractivity contribution in [2.45, 2.75) is 13.3 Å². The highest BCUT2D eigenvalue weighted by atomic mass is 16.5. The third kappa shape index (κ3) is 2.15. The Hall–Kier alpha value is -1.18. The predicted octanol–water partition coefficient (Wildman–Crippen LogP) is 2.22. The van der Waals surface area contributed by atoms with Crippen molar-refractivity contribution in [3.05, 3.63) is 30.9 Å². The standard InChI is InChI=1S/C9H12NO/c1-2-7-11-9-6-4-3-5-8(9)10/h3-7H,2,10H2,1H3. The maximum Gasteiger partial charge on any atom is 0.142 e. The van der Waals surface area contributed by atoms with Gasteiger partial charge in [0, 0.05) is 0 Å². The number of nitrogen functional groups attached to an aromatic ring is 1. The van der Waals surface area contributed by atoms with Crippen LogP contribution in [0, 0.1) is 6.61 Å². The molecule has 0 bridgehead atoms. The number of anilines is 1. The Morgan fingerprint density at radius 1 is 1.45 bits per heavy atom. The van der Waals surface area contributed by atoms with E-state index in [4.69, 9.17) is 10.5 Å². The summed E-state index contributed by atoms with van der Waals surface area (Å²) in [6.07, 6.45) is 0.883. The Balaban J connectivity index is 2.62. The van der Waals surface area contributed by atoms with Crippen molar-refractivity contribution in [1.29, 1.82) is 0 Å². The third-order valence-electron chi connectivity index (χ3n) is 1.30. The molecule has 0 aliphatic heterocycles. The number of hydrogen-bond acceptors (Lipinski definition) is 2. The molecule has 0 amide bonds. The Labute approximate surface area is 67.0 Å². The van der Waals surface area contributed by atoms with Crippen molar-refractivity contribution >= 4 is 5.69 Å². The molecule has 0 unspecified atom stereocenters. The summed E-state index contributed by atoms with van der Waals surface area (Å²) >= 11 is 0. The number of nitrogens with two attached hydrogens (primary N) is 1. The van der Waals surface area contributed by atoms with Crippen LogP contribution in [0.25, 0.3) is 0 Å². The van der Waals surface area contributed by atoms with E-state index in [-0.39, 0.29) is 0 Å². The van der Waals surface area contributed by atoms with Crippen LogP contribution in [0.1, 0.15) is 13.3 Å². The molecule has 2 nitrogen and oxygen atoms in total. The van der Waals surface area contributed by atoms with E-state index < -0.39 is 0 Å². The van der Waals surface area contributed by atoms with Crippen LogP contribution in [-0.2, 0) is 0 Å². The Morgan fingerprint density at radius 3 is 2.82 bits per heavy atom. The molecule has 0 atom stereocenters. The van der Waals surface area contributed by atoms with E-state index in [1.54, 1.807) is 6.61 Å². The van der Waals surface area contributed by atoms with Gasteiger partial charge in [0.2, 0.25) is 0 Å². The zero-order valence-corrected chi connectivity index (χ0v) is 6.58. The molecule has 1 aromatic rings. The number of ether oxygens (including phenoxy) is 1. The molecule has 1 aromatic carbocycles. The summed E-state index contributed by atoms with van der Waals surface area (Å²) in [4.78, 5) is 0. The summed E-state index contributed by atoms with van der Waals surface area (Å²) in [6, 6.07) is 7.45. The minimum absolute atomic E-state index is 0.678. The van der Waals surface area contributed by atoms with Gasteiger partial charge in [0.15, 0.2) is 0 Å². The average molecular weight is 150 g/mol. The van der Waals surface area contributed by atoms with Crippen LogP contribution in [0.5, 0.6) is 5.75 Å². The molecule has 1 rings (SSSR count). The van der Waals surface area contributed by atoms with Gasteiger partial charge in [-0.15, -0.1) is 0 Å². The number of hydrogen-bond donors (Lipinski definition) is 1. The van der Waals surface area contributed by atoms with Crippen molar-refractivity contribution in [3.63, 3.8) is 0 Å². The van der Waals surface area contributed by atoms with Crippen LogP contribution in [0.4, 0.5) is 5.69 Å². The normalized spacial score (nSPS) is 9.55. The highest BCUT2D eigenvalue weighted by Gasteiger charge is 1.95. The fraction of sp³-hybridized carbons (Fsp3) is 0.222. The van der Waals surface area contributed by atoms with Crippen molar-refractivity contribution in [2.75, 3.05) is 5.73 Å². The van der Waals surface area contributed by atoms with Gasteiger partial charge < -0.3 is 10.5 Å². The summed E-state index contributed by atoms with van der Waals surface area (Å²) in [5.41, 5.74) is 6.29. The van der Waals surface area contributed by atoms with Crippen molar-refractivity contribution < 1.29 is 4.74 Å². The first-order chi connectivity index (χ1) is 5.34. The highest BCUT2D eigenvalue weighted by molar-refractivity contribution is 5.51. The van der Waals surface area contributed by atoms with E-state index in [0.717, 1.165) is 12.2 Å². The van der Waals surface area contributed by atoms with E-state index in [2.05, 4.69) is 0 Å². The summed E-state index contributed by atoms with van der Waals surface area (Å²) in [6.45, 7) is 3.74. The fourth-order valence-electron chi connectivity index (χ4n) is 0.761. The van der Waals surface area contributed by atoms with Gasteiger partial charge in [0.1, 0.15) is 12.4 Å². The van der Waals surface area contributed by atoms with Crippen molar-refractivity contribution in [3.8, 4) is 5.75 Å². The first-order valence-corrected chi connectivity index (χ1v) is 3.67. The van der Waals surface area contributed by atoms with E-state index in [1.807, 2.05) is 31.2 Å². The second-order valence-corrected chi connectivity index (χ2v) is 2.23. The molecule has 1 radical (unpaired) electrons. The van der Waals surface area contributed by atoms with Gasteiger partial charge in [-0.05, 0) is 18.6 Å². The van der Waals surface area contributed by atoms with E-state index in [9.17, 15) is 0 Å². The highest BCUT2D eigenvalue weighted by Crippen LogP contribution is 2.20. The largest absolute Gasteiger partial charge is 0.484 e. The zero-order chi connectivity index (χ0) is 8.10. The molecule has 2 heteroatoms. The summed E-state index contributed by atoms with van der Waals surface area (Å²) in [5, 5.41) is 0. The van der Waals surface area contributed by atoms with Crippen molar-refractivity contribution in [2.24, 2.45) is 0 Å². The number of benzene rings is 1. The molecule has 0 saturated carbocycles. The number of rotatable bonds is 3. The Morgan fingerprint density at radius 2 is 2.18 bits per heavy atom. The number of para-hydroxylation sites is 2. The smallest absolute Gasteiger partial charge is 0.142 e. The van der Waals surface area contributed by atoms with Crippen LogP contribution in [-0.4, -0.2) is 0 Å². The van der Waals surface area contributed by atoms with Crippen LogP contribution in [0.2, 0.25) is 0 Å². The lowest BCUT2D eigenvalue weighted by molar-refractivity contribution is 0.399. The molecular weight excluding hydrogens is 138 g/mol. The van der Waals surface area contributed by atoms with Crippen molar-refractivity contribution in [1.82, 2.24) is 0 Å². The molecule has 2 N–H and O–H groups in total. The molecule has 0 aliphatic rings. The van der Waals surface area contributed by atoms with Gasteiger partial charge in [0.05, 0.1) is 5.69 Å². The van der Waals surface area contributed by atoms with Crippen LogP contribution in [0.3, 0.4) is 0 Å². The summed E-state index contributed by atoms with van der Waals surface area (Å²) in [5.74, 6) is 0.731. The van der Waals surface area contributed by atoms with Crippen LogP contribution in [0.15, 0.2) is 24.3 Å². The van der Waals surface area contributed by atoms with Crippen LogP contribution < -0.4 is 10.5 Å². The maximum absolute atomic E-state index is 5.62. The first-order valence-electron chi connectivity index (χ1n) is 3.67. The maximum atomic E-state index is 5.62. The van der Waals surface area contributed by atoms with Crippen LogP contribution >= 0.6 is 0 Å². The summed E-state index contributed by atoms with van der Waals surface area (Å²) < 4.78 is 5.24. The van der Waals surface area contributed by atoms with E-state index in [0.29, 0.717) is 5.69 Å². The zero-order valence-electron chi connectivity index (χ0n) is 6.58. The molecule has 0 heterocycles. The molecule has 0 saturated heterocycles. The first kappa shape index (κ1) is 7.92. The second-order valence-electron chi connectivity index (χ2n) is 2.23. The Kier molecular flexibility index (Phi) is 2.78. The Bertz CT molecular complexity index is 223. The minimum atomic E-state index is 0.678. The lowest BCUT2D eigenvalue weighted by Crippen LogP contribution is -1.93. The van der Waals surface area contributed by atoms with Gasteiger partial charge in [-0.1, -0.05) is 19.1 Å². The van der Waals surface area contributed by atoms with Gasteiger partial charge in [-0.25, -0.2) is 0 Å². The molecular formula is C9H12NO. The molecule has 0 fully saturated rings. The lowest BCUT2D eigenvalue weighted by atomic mass is 10.3. The van der Waals surface area contributed by atoms with E-state index in [1.165, 1.54) is 0 Å². The molecule has 0 aromatic heterocycles. The quantitative estimate of drug-likeness (QED) is 0.670. The molecule has 0 aliphatic carbocycles. The second kappa shape index (κ2) is 3.86. The summed E-state index contributed by atoms with van der Waals surface area (Å²) in [7, 11) is 0. The third-order valence-corrected chi connectivity index (χ3v) is 1.30. The minimum Gasteiger partial charge on any atom is -0.484 e. The molecule has 11 heavy (non-hydrogen) atoms. The lowest BCUT2D eigenvalue weighted by Gasteiger charge is -2.05. The van der Waals surface area contributed by atoms with E-state index >= 15 is 0 Å². The van der Waals surface area contributed by atoms with Gasteiger partial charge in [-0.2, -0.15) is 0 Å². The average Bonchev–Trinajstić information content (AvgIpc) is 2.03. The van der Waals surface area contributed by atoms with Gasteiger partial charge >= 0.3 is 0 Å². The molecule has 0 spiro atoms. The SMILES string of the molecule is CC[CH]Oc1ccccc1N. The topological polar surface area (TPSA) is 35.2 Å².